The first-order valence-corrected chi connectivity index (χ1v) is 14.3. The van der Waals surface area contributed by atoms with Gasteiger partial charge in [-0.25, -0.2) is 12.8 Å². The van der Waals surface area contributed by atoms with E-state index < -0.39 is 34.3 Å². The minimum Gasteiger partial charge on any atom is -0.352 e. The molecule has 0 bridgehead atoms. The predicted molar refractivity (Wildman–Crippen MR) is 140 cm³/mol. The van der Waals surface area contributed by atoms with Crippen LogP contribution in [0.3, 0.4) is 0 Å². The maximum absolute atomic E-state index is 13.6. The summed E-state index contributed by atoms with van der Waals surface area (Å²) < 4.78 is 39.7. The summed E-state index contributed by atoms with van der Waals surface area (Å²) in [4.78, 5) is 28.0. The molecule has 1 unspecified atom stereocenters. The first-order valence-electron chi connectivity index (χ1n) is 12.0. The molecule has 1 fully saturated rings. The average molecular weight is 538 g/mol. The fraction of sp³-hybridized carbons (Fsp3) is 0.462. The van der Waals surface area contributed by atoms with Crippen LogP contribution in [-0.2, 0) is 26.2 Å². The number of benzene rings is 2. The van der Waals surface area contributed by atoms with E-state index in [2.05, 4.69) is 5.32 Å². The number of hydrogen-bond acceptors (Lipinski definition) is 4. The third-order valence-corrected chi connectivity index (χ3v) is 8.06. The van der Waals surface area contributed by atoms with E-state index in [0.29, 0.717) is 10.6 Å². The number of hydrogen-bond donors (Lipinski definition) is 1. The maximum atomic E-state index is 13.6. The topological polar surface area (TPSA) is 86.8 Å². The minimum absolute atomic E-state index is 0.0185. The van der Waals surface area contributed by atoms with Gasteiger partial charge < -0.3 is 10.2 Å². The second-order valence-corrected chi connectivity index (χ2v) is 11.7. The summed E-state index contributed by atoms with van der Waals surface area (Å²) in [6, 6.07) is 9.57. The van der Waals surface area contributed by atoms with Gasteiger partial charge in [0.05, 0.1) is 11.9 Å². The summed E-state index contributed by atoms with van der Waals surface area (Å²) in [5.74, 6) is -1.28. The van der Waals surface area contributed by atoms with Crippen molar-refractivity contribution in [3.05, 3.63) is 64.4 Å². The van der Waals surface area contributed by atoms with Gasteiger partial charge in [0.25, 0.3) is 0 Å². The van der Waals surface area contributed by atoms with Crippen LogP contribution in [0, 0.1) is 12.7 Å². The van der Waals surface area contributed by atoms with Gasteiger partial charge in [0.1, 0.15) is 18.4 Å². The van der Waals surface area contributed by atoms with Crippen LogP contribution < -0.4 is 9.62 Å². The van der Waals surface area contributed by atoms with Crippen molar-refractivity contribution in [2.24, 2.45) is 0 Å². The molecule has 0 heterocycles. The van der Waals surface area contributed by atoms with Crippen molar-refractivity contribution in [1.29, 1.82) is 0 Å². The number of rotatable bonds is 9. The fourth-order valence-electron chi connectivity index (χ4n) is 4.29. The number of carbonyl (C=O) groups is 2. The van der Waals surface area contributed by atoms with Crippen LogP contribution in [0.2, 0.25) is 5.02 Å². The van der Waals surface area contributed by atoms with E-state index in [1.165, 1.54) is 35.2 Å². The highest BCUT2D eigenvalue weighted by Crippen LogP contribution is 2.25. The summed E-state index contributed by atoms with van der Waals surface area (Å²) in [6.07, 6.45) is 6.01. The number of nitrogens with one attached hydrogen (secondary N) is 1. The lowest BCUT2D eigenvalue weighted by Crippen LogP contribution is -2.52. The predicted octanol–water partition coefficient (Wildman–Crippen LogP) is 4.42. The van der Waals surface area contributed by atoms with Crippen molar-refractivity contribution >= 4 is 39.1 Å². The number of aryl methyl sites for hydroxylation is 1. The Labute approximate surface area is 217 Å². The van der Waals surface area contributed by atoms with Gasteiger partial charge >= 0.3 is 0 Å². The highest BCUT2D eigenvalue weighted by atomic mass is 35.5. The molecular formula is C26H33ClFN3O4S. The zero-order valence-corrected chi connectivity index (χ0v) is 22.4. The van der Waals surface area contributed by atoms with Crippen molar-refractivity contribution < 1.29 is 22.4 Å². The molecule has 0 aliphatic heterocycles. The molecule has 1 saturated carbocycles. The first kappa shape index (κ1) is 27.9. The Hall–Kier alpha value is -2.65. The second kappa shape index (κ2) is 12.1. The smallest absolute Gasteiger partial charge is 0.244 e. The molecule has 196 valence electrons. The third kappa shape index (κ3) is 7.43. The van der Waals surface area contributed by atoms with Gasteiger partial charge in [-0.05, 0) is 62.1 Å². The quantitative estimate of drug-likeness (QED) is 0.513. The van der Waals surface area contributed by atoms with Crippen molar-refractivity contribution in [3.63, 3.8) is 0 Å². The molecule has 0 radical (unpaired) electrons. The van der Waals surface area contributed by atoms with Crippen molar-refractivity contribution in [3.8, 4) is 0 Å². The molecular weight excluding hydrogens is 505 g/mol. The van der Waals surface area contributed by atoms with Crippen LogP contribution in [0.4, 0.5) is 10.1 Å². The van der Waals surface area contributed by atoms with Gasteiger partial charge in [0.2, 0.25) is 21.8 Å². The molecule has 2 aromatic carbocycles. The number of amides is 2. The number of halogens is 2. The Bertz CT molecular complexity index is 1180. The Kier molecular flexibility index (Phi) is 9.35. The lowest BCUT2D eigenvalue weighted by Gasteiger charge is -2.33. The molecule has 0 spiro atoms. The van der Waals surface area contributed by atoms with Gasteiger partial charge in [-0.15, -0.1) is 0 Å². The van der Waals surface area contributed by atoms with Crippen LogP contribution in [0.5, 0.6) is 0 Å². The van der Waals surface area contributed by atoms with Gasteiger partial charge in [-0.1, -0.05) is 49.1 Å². The van der Waals surface area contributed by atoms with Gasteiger partial charge in [0, 0.05) is 17.6 Å². The number of anilines is 1. The highest BCUT2D eigenvalue weighted by Gasteiger charge is 2.31. The molecule has 0 saturated heterocycles. The van der Waals surface area contributed by atoms with Crippen molar-refractivity contribution in [2.45, 2.75) is 64.6 Å². The number of nitrogens with zero attached hydrogens (tertiary/aromatic N) is 2. The minimum atomic E-state index is -3.85. The third-order valence-electron chi connectivity index (χ3n) is 6.51. The van der Waals surface area contributed by atoms with Crippen LogP contribution in [0.25, 0.3) is 0 Å². The fourth-order valence-corrected chi connectivity index (χ4v) is 5.30. The van der Waals surface area contributed by atoms with Crippen molar-refractivity contribution in [2.75, 3.05) is 17.1 Å². The normalized spacial score (nSPS) is 15.2. The van der Waals surface area contributed by atoms with E-state index in [-0.39, 0.29) is 24.2 Å². The van der Waals surface area contributed by atoms with Crippen LogP contribution in [-0.4, -0.2) is 50.0 Å². The van der Waals surface area contributed by atoms with E-state index in [9.17, 15) is 22.4 Å². The molecule has 1 aliphatic carbocycles. The maximum Gasteiger partial charge on any atom is 0.244 e. The summed E-state index contributed by atoms with van der Waals surface area (Å²) in [5.41, 5.74) is 1.64. The Morgan fingerprint density at radius 2 is 1.75 bits per heavy atom. The molecule has 1 aliphatic rings. The zero-order valence-electron chi connectivity index (χ0n) is 20.8. The number of sulfonamides is 1. The Balaban J connectivity index is 1.87. The van der Waals surface area contributed by atoms with E-state index in [1.807, 2.05) is 0 Å². The molecule has 10 heteroatoms. The molecule has 36 heavy (non-hydrogen) atoms. The first-order chi connectivity index (χ1) is 17.0. The lowest BCUT2D eigenvalue weighted by molar-refractivity contribution is -0.139. The summed E-state index contributed by atoms with van der Waals surface area (Å²) >= 11 is 6.21. The molecule has 3 rings (SSSR count). The molecule has 2 aromatic rings. The lowest BCUT2D eigenvalue weighted by atomic mass is 9.95. The second-order valence-electron chi connectivity index (χ2n) is 9.37. The van der Waals surface area contributed by atoms with Crippen LogP contribution in [0.15, 0.2) is 42.5 Å². The van der Waals surface area contributed by atoms with Crippen LogP contribution in [0.1, 0.15) is 50.2 Å². The standard InChI is InChI=1S/C26H33ClFN3O4S/c1-18-9-14-23(15-24(18)27)31(36(3,34)35)17-25(32)30(16-20-10-12-21(28)13-11-20)19(2)26(33)29-22-7-5-4-6-8-22/h9-15,19,22H,4-8,16-17H2,1-3H3,(H,29,33). The van der Waals surface area contributed by atoms with Crippen molar-refractivity contribution in [1.82, 2.24) is 10.2 Å². The zero-order chi connectivity index (χ0) is 26.5. The van der Waals surface area contributed by atoms with Gasteiger partial charge in [-0.2, -0.15) is 0 Å². The average Bonchev–Trinajstić information content (AvgIpc) is 2.83. The Morgan fingerprint density at radius 1 is 1.11 bits per heavy atom. The van der Waals surface area contributed by atoms with E-state index in [4.69, 9.17) is 11.6 Å². The molecule has 1 N–H and O–H groups in total. The largest absolute Gasteiger partial charge is 0.352 e. The molecule has 7 nitrogen and oxygen atoms in total. The summed E-state index contributed by atoms with van der Waals surface area (Å²) in [7, 11) is -3.85. The summed E-state index contributed by atoms with van der Waals surface area (Å²) in [5, 5.41) is 3.41. The molecule has 0 aromatic heterocycles. The number of carbonyl (C=O) groups excluding carboxylic acids is 2. The van der Waals surface area contributed by atoms with Crippen LogP contribution >= 0.6 is 11.6 Å². The van der Waals surface area contributed by atoms with E-state index in [1.54, 1.807) is 26.0 Å². The van der Waals surface area contributed by atoms with E-state index in [0.717, 1.165) is 48.2 Å². The van der Waals surface area contributed by atoms with Gasteiger partial charge in [0.15, 0.2) is 0 Å². The molecule has 2 amide bonds. The van der Waals surface area contributed by atoms with E-state index >= 15 is 0 Å². The van der Waals surface area contributed by atoms with Gasteiger partial charge in [-0.3, -0.25) is 13.9 Å². The highest BCUT2D eigenvalue weighted by molar-refractivity contribution is 7.92. The Morgan fingerprint density at radius 3 is 2.33 bits per heavy atom. The SMILES string of the molecule is Cc1ccc(N(CC(=O)N(Cc2ccc(F)cc2)C(C)C(=O)NC2CCCCC2)S(C)(=O)=O)cc1Cl. The molecule has 1 atom stereocenters. The monoisotopic (exact) mass is 537 g/mol. The summed E-state index contributed by atoms with van der Waals surface area (Å²) in [6.45, 7) is 2.91.